The highest BCUT2D eigenvalue weighted by Gasteiger charge is 2.42. The van der Waals surface area contributed by atoms with E-state index in [2.05, 4.69) is 5.32 Å². The van der Waals surface area contributed by atoms with Crippen LogP contribution in [0.4, 0.5) is 5.69 Å². The number of carboxylic acid groups (broad SMARTS) is 1. The fourth-order valence-corrected chi connectivity index (χ4v) is 3.13. The highest BCUT2D eigenvalue weighted by atomic mass is 35.5. The van der Waals surface area contributed by atoms with E-state index in [1.165, 1.54) is 0 Å². The van der Waals surface area contributed by atoms with Crippen molar-refractivity contribution < 1.29 is 14.7 Å². The van der Waals surface area contributed by atoms with Gasteiger partial charge in [-0.2, -0.15) is 0 Å². The maximum absolute atomic E-state index is 12.4. The summed E-state index contributed by atoms with van der Waals surface area (Å²) in [7, 11) is 0. The number of aliphatic carboxylic acids is 1. The zero-order chi connectivity index (χ0) is 15.6. The average molecular weight is 310 g/mol. The molecule has 0 aromatic heterocycles. The van der Waals surface area contributed by atoms with E-state index in [1.54, 1.807) is 12.1 Å². The second kappa shape index (κ2) is 6.48. The van der Waals surface area contributed by atoms with Gasteiger partial charge in [0.1, 0.15) is 0 Å². The number of carbonyl (C=O) groups excluding carboxylic acids is 1. The van der Waals surface area contributed by atoms with Gasteiger partial charge in [0.15, 0.2) is 0 Å². The van der Waals surface area contributed by atoms with Crippen molar-refractivity contribution in [1.82, 2.24) is 0 Å². The standard InChI is InChI=1S/C16H20ClNO3/c1-3-10-6-12(13(7-10)16(20)21)15(19)18-11-5-4-9(2)14(17)8-11/h4-5,8,10,12-13H,3,6-7H2,1-2H3,(H,18,19)(H,20,21). The smallest absolute Gasteiger partial charge is 0.307 e. The number of rotatable bonds is 4. The molecular formula is C16H20ClNO3. The Labute approximate surface area is 129 Å². The van der Waals surface area contributed by atoms with Gasteiger partial charge in [-0.3, -0.25) is 9.59 Å². The molecule has 1 aromatic carbocycles. The fraction of sp³-hybridized carbons (Fsp3) is 0.500. The first-order chi connectivity index (χ1) is 9.92. The molecule has 1 fully saturated rings. The Hall–Kier alpha value is -1.55. The number of anilines is 1. The first kappa shape index (κ1) is 15.8. The number of hydrogen-bond acceptors (Lipinski definition) is 2. The van der Waals surface area contributed by atoms with Crippen molar-refractivity contribution in [3.8, 4) is 0 Å². The van der Waals surface area contributed by atoms with Crippen molar-refractivity contribution in [2.75, 3.05) is 5.32 Å². The van der Waals surface area contributed by atoms with Crippen LogP contribution < -0.4 is 5.32 Å². The summed E-state index contributed by atoms with van der Waals surface area (Å²) in [6, 6.07) is 5.30. The molecule has 0 aliphatic heterocycles. The molecular weight excluding hydrogens is 290 g/mol. The molecule has 1 aliphatic rings. The highest BCUT2D eigenvalue weighted by molar-refractivity contribution is 6.31. The lowest BCUT2D eigenvalue weighted by Gasteiger charge is -2.16. The first-order valence-corrected chi connectivity index (χ1v) is 7.60. The Morgan fingerprint density at radius 3 is 2.57 bits per heavy atom. The van der Waals surface area contributed by atoms with Gasteiger partial charge in [-0.05, 0) is 43.4 Å². The number of halogens is 1. The molecule has 0 spiro atoms. The molecule has 0 bridgehead atoms. The van der Waals surface area contributed by atoms with Crippen LogP contribution in [0.3, 0.4) is 0 Å². The van der Waals surface area contributed by atoms with Crippen LogP contribution in [0.25, 0.3) is 0 Å². The molecule has 0 radical (unpaired) electrons. The van der Waals surface area contributed by atoms with E-state index < -0.39 is 17.8 Å². The zero-order valence-electron chi connectivity index (χ0n) is 12.2. The van der Waals surface area contributed by atoms with Crippen LogP contribution in [0.2, 0.25) is 5.02 Å². The minimum absolute atomic E-state index is 0.224. The summed E-state index contributed by atoms with van der Waals surface area (Å²) in [4.78, 5) is 23.7. The number of benzene rings is 1. The Kier molecular flexibility index (Phi) is 4.88. The zero-order valence-corrected chi connectivity index (χ0v) is 13.0. The summed E-state index contributed by atoms with van der Waals surface area (Å²) >= 11 is 6.04. The van der Waals surface area contributed by atoms with Gasteiger partial charge in [-0.1, -0.05) is 31.0 Å². The second-order valence-electron chi connectivity index (χ2n) is 5.75. The number of aryl methyl sites for hydroxylation is 1. The van der Waals surface area contributed by atoms with Gasteiger partial charge in [0.05, 0.1) is 11.8 Å². The number of amides is 1. The van der Waals surface area contributed by atoms with Gasteiger partial charge in [0.2, 0.25) is 5.91 Å². The lowest BCUT2D eigenvalue weighted by Crippen LogP contribution is -2.30. The first-order valence-electron chi connectivity index (χ1n) is 7.22. The Balaban J connectivity index is 2.11. The quantitative estimate of drug-likeness (QED) is 0.890. The molecule has 1 aromatic rings. The van der Waals surface area contributed by atoms with Crippen molar-refractivity contribution in [3.05, 3.63) is 28.8 Å². The van der Waals surface area contributed by atoms with Crippen molar-refractivity contribution in [3.63, 3.8) is 0 Å². The predicted molar refractivity (Wildman–Crippen MR) is 82.4 cm³/mol. The summed E-state index contributed by atoms with van der Waals surface area (Å²) in [6.45, 7) is 3.92. The molecule has 0 heterocycles. The molecule has 2 N–H and O–H groups in total. The van der Waals surface area contributed by atoms with E-state index in [0.717, 1.165) is 12.0 Å². The number of carbonyl (C=O) groups is 2. The summed E-state index contributed by atoms with van der Waals surface area (Å²) in [5.74, 6) is -1.85. The molecule has 0 saturated heterocycles. The predicted octanol–water partition coefficient (Wildman–Crippen LogP) is 3.72. The van der Waals surface area contributed by atoms with E-state index in [-0.39, 0.29) is 5.91 Å². The topological polar surface area (TPSA) is 66.4 Å². The third-order valence-electron chi connectivity index (χ3n) is 4.33. The molecule has 1 amide bonds. The van der Waals surface area contributed by atoms with Crippen LogP contribution in [0.1, 0.15) is 31.7 Å². The van der Waals surface area contributed by atoms with E-state index in [1.807, 2.05) is 19.9 Å². The Morgan fingerprint density at radius 1 is 1.33 bits per heavy atom. The lowest BCUT2D eigenvalue weighted by atomic mass is 9.95. The molecule has 1 aliphatic carbocycles. The maximum atomic E-state index is 12.4. The van der Waals surface area contributed by atoms with E-state index in [9.17, 15) is 14.7 Å². The minimum atomic E-state index is -0.881. The van der Waals surface area contributed by atoms with E-state index in [0.29, 0.717) is 29.5 Å². The summed E-state index contributed by atoms with van der Waals surface area (Å²) in [5, 5.41) is 12.7. The Bertz CT molecular complexity index is 558. The molecule has 1 saturated carbocycles. The summed E-state index contributed by atoms with van der Waals surface area (Å²) in [6.07, 6.45) is 2.13. The van der Waals surface area contributed by atoms with Crippen molar-refractivity contribution in [1.29, 1.82) is 0 Å². The normalized spacial score (nSPS) is 24.8. The van der Waals surface area contributed by atoms with Gasteiger partial charge in [0, 0.05) is 10.7 Å². The molecule has 4 nitrogen and oxygen atoms in total. The van der Waals surface area contributed by atoms with Gasteiger partial charge in [0.25, 0.3) is 0 Å². The highest BCUT2D eigenvalue weighted by Crippen LogP contribution is 2.39. The Morgan fingerprint density at radius 2 is 2.00 bits per heavy atom. The molecule has 3 atom stereocenters. The number of hydrogen-bond donors (Lipinski definition) is 2. The molecule has 21 heavy (non-hydrogen) atoms. The van der Waals surface area contributed by atoms with Crippen molar-refractivity contribution in [2.45, 2.75) is 33.1 Å². The lowest BCUT2D eigenvalue weighted by molar-refractivity contribution is -0.145. The van der Waals surface area contributed by atoms with Gasteiger partial charge >= 0.3 is 5.97 Å². The van der Waals surface area contributed by atoms with Gasteiger partial charge < -0.3 is 10.4 Å². The van der Waals surface area contributed by atoms with Crippen LogP contribution in [-0.4, -0.2) is 17.0 Å². The second-order valence-corrected chi connectivity index (χ2v) is 6.16. The SMILES string of the molecule is CCC1CC(C(=O)O)C(C(=O)Nc2ccc(C)c(Cl)c2)C1. The maximum Gasteiger partial charge on any atom is 0.307 e. The average Bonchev–Trinajstić information content (AvgIpc) is 2.87. The molecule has 2 rings (SSSR count). The van der Waals surface area contributed by atoms with E-state index in [4.69, 9.17) is 11.6 Å². The third-order valence-corrected chi connectivity index (χ3v) is 4.74. The molecule has 5 heteroatoms. The van der Waals surface area contributed by atoms with Crippen molar-refractivity contribution in [2.24, 2.45) is 17.8 Å². The summed E-state index contributed by atoms with van der Waals surface area (Å²) in [5.41, 5.74) is 1.55. The van der Waals surface area contributed by atoms with Crippen LogP contribution in [-0.2, 0) is 9.59 Å². The van der Waals surface area contributed by atoms with Crippen LogP contribution >= 0.6 is 11.6 Å². The number of carboxylic acids is 1. The fourth-order valence-electron chi connectivity index (χ4n) is 2.94. The molecule has 3 unspecified atom stereocenters. The minimum Gasteiger partial charge on any atom is -0.481 e. The monoisotopic (exact) mass is 309 g/mol. The largest absolute Gasteiger partial charge is 0.481 e. The molecule has 114 valence electrons. The van der Waals surface area contributed by atoms with Crippen LogP contribution in [0.5, 0.6) is 0 Å². The van der Waals surface area contributed by atoms with Gasteiger partial charge in [-0.15, -0.1) is 0 Å². The summed E-state index contributed by atoms with van der Waals surface area (Å²) < 4.78 is 0. The van der Waals surface area contributed by atoms with Crippen LogP contribution in [0.15, 0.2) is 18.2 Å². The van der Waals surface area contributed by atoms with E-state index >= 15 is 0 Å². The number of nitrogens with one attached hydrogen (secondary N) is 1. The third kappa shape index (κ3) is 3.56. The van der Waals surface area contributed by atoms with Gasteiger partial charge in [-0.25, -0.2) is 0 Å². The van der Waals surface area contributed by atoms with Crippen molar-refractivity contribution >= 4 is 29.2 Å². The van der Waals surface area contributed by atoms with Crippen LogP contribution in [0, 0.1) is 24.7 Å².